The number of carbonyl (C=O) groups is 1. The lowest BCUT2D eigenvalue weighted by molar-refractivity contribution is -0.130. The van der Waals surface area contributed by atoms with Crippen LogP contribution in [0.1, 0.15) is 18.4 Å². The first-order valence-corrected chi connectivity index (χ1v) is 12.0. The number of hydrogen-bond donors (Lipinski definition) is 0. The summed E-state index contributed by atoms with van der Waals surface area (Å²) >= 11 is 7.52. The molecule has 1 unspecified atom stereocenters. The summed E-state index contributed by atoms with van der Waals surface area (Å²) in [6.45, 7) is 0.747. The standard InChI is InChI=1S/C20H22ClNO3S2/c1-26-17-7-2-15(3-8-17)4-11-20(23)22-13-12-19(14-22)27(24,25)18-9-5-16(21)6-10-18/h2-3,5-10,19H,4,11-14H2,1H3. The number of nitrogens with zero attached hydrogens (tertiary/aromatic N) is 1. The summed E-state index contributed by atoms with van der Waals surface area (Å²) in [5.74, 6) is 0.0118. The molecule has 1 fully saturated rings. The number of likely N-dealkylation sites (tertiary alicyclic amines) is 1. The lowest BCUT2D eigenvalue weighted by atomic mass is 10.1. The molecular weight excluding hydrogens is 402 g/mol. The number of amides is 1. The average Bonchev–Trinajstić information content (AvgIpc) is 3.18. The van der Waals surface area contributed by atoms with Crippen LogP contribution in [0.25, 0.3) is 0 Å². The highest BCUT2D eigenvalue weighted by atomic mass is 35.5. The first-order valence-electron chi connectivity index (χ1n) is 8.80. The molecule has 4 nitrogen and oxygen atoms in total. The van der Waals surface area contributed by atoms with E-state index in [9.17, 15) is 13.2 Å². The van der Waals surface area contributed by atoms with Gasteiger partial charge in [-0.25, -0.2) is 8.42 Å². The van der Waals surface area contributed by atoms with Crippen molar-refractivity contribution in [3.05, 3.63) is 59.1 Å². The summed E-state index contributed by atoms with van der Waals surface area (Å²) in [5, 5.41) is -0.0498. The van der Waals surface area contributed by atoms with Crippen molar-refractivity contribution >= 4 is 39.1 Å². The summed E-state index contributed by atoms with van der Waals surface area (Å²) in [6, 6.07) is 14.4. The minimum absolute atomic E-state index is 0.0118. The van der Waals surface area contributed by atoms with E-state index < -0.39 is 15.1 Å². The van der Waals surface area contributed by atoms with Crippen molar-refractivity contribution in [3.8, 4) is 0 Å². The zero-order valence-electron chi connectivity index (χ0n) is 15.1. The molecule has 0 aliphatic carbocycles. The molecule has 1 amide bonds. The van der Waals surface area contributed by atoms with Crippen LogP contribution in [0, 0.1) is 0 Å². The molecule has 144 valence electrons. The van der Waals surface area contributed by atoms with Crippen LogP contribution in [0.2, 0.25) is 5.02 Å². The van der Waals surface area contributed by atoms with E-state index in [2.05, 4.69) is 12.1 Å². The number of aryl methyl sites for hydroxylation is 1. The Morgan fingerprint density at radius 3 is 2.44 bits per heavy atom. The highest BCUT2D eigenvalue weighted by Gasteiger charge is 2.35. The maximum atomic E-state index is 12.8. The molecule has 0 saturated carbocycles. The van der Waals surface area contributed by atoms with E-state index in [0.29, 0.717) is 30.8 Å². The van der Waals surface area contributed by atoms with Crippen molar-refractivity contribution in [2.75, 3.05) is 19.3 Å². The predicted octanol–water partition coefficient (Wildman–Crippen LogP) is 4.07. The lowest BCUT2D eigenvalue weighted by Crippen LogP contribution is -2.32. The smallest absolute Gasteiger partial charge is 0.222 e. The fraction of sp³-hybridized carbons (Fsp3) is 0.350. The van der Waals surface area contributed by atoms with Crippen LogP contribution in [-0.2, 0) is 21.1 Å². The summed E-state index contributed by atoms with van der Waals surface area (Å²) in [5.41, 5.74) is 1.12. The third kappa shape index (κ3) is 4.86. The van der Waals surface area contributed by atoms with E-state index in [4.69, 9.17) is 11.6 Å². The van der Waals surface area contributed by atoms with Crippen LogP contribution >= 0.6 is 23.4 Å². The summed E-state index contributed by atoms with van der Waals surface area (Å²) in [6.07, 6.45) is 3.56. The minimum Gasteiger partial charge on any atom is -0.341 e. The van der Waals surface area contributed by atoms with Gasteiger partial charge in [-0.2, -0.15) is 0 Å². The number of benzene rings is 2. The van der Waals surface area contributed by atoms with Crippen LogP contribution in [0.3, 0.4) is 0 Å². The highest BCUT2D eigenvalue weighted by Crippen LogP contribution is 2.25. The van der Waals surface area contributed by atoms with E-state index in [-0.39, 0.29) is 17.3 Å². The van der Waals surface area contributed by atoms with Crippen molar-refractivity contribution < 1.29 is 13.2 Å². The number of sulfone groups is 1. The third-order valence-electron chi connectivity index (χ3n) is 4.87. The van der Waals surface area contributed by atoms with Gasteiger partial charge in [0, 0.05) is 29.4 Å². The molecule has 1 saturated heterocycles. The lowest BCUT2D eigenvalue weighted by Gasteiger charge is -2.17. The van der Waals surface area contributed by atoms with Gasteiger partial charge in [-0.3, -0.25) is 4.79 Å². The zero-order chi connectivity index (χ0) is 19.4. The Bertz CT molecular complexity index is 896. The highest BCUT2D eigenvalue weighted by molar-refractivity contribution is 7.98. The Kier molecular flexibility index (Phi) is 6.50. The number of rotatable bonds is 6. The first-order chi connectivity index (χ1) is 12.9. The van der Waals surface area contributed by atoms with Gasteiger partial charge in [-0.05, 0) is 61.1 Å². The molecule has 1 heterocycles. The van der Waals surface area contributed by atoms with Gasteiger partial charge in [0.1, 0.15) is 0 Å². The summed E-state index contributed by atoms with van der Waals surface area (Å²) in [4.78, 5) is 15.6. The molecule has 1 aliphatic heterocycles. The van der Waals surface area contributed by atoms with Crippen molar-refractivity contribution in [1.29, 1.82) is 0 Å². The van der Waals surface area contributed by atoms with Gasteiger partial charge >= 0.3 is 0 Å². The number of halogens is 1. The Balaban J connectivity index is 1.58. The topological polar surface area (TPSA) is 54.5 Å². The zero-order valence-corrected chi connectivity index (χ0v) is 17.5. The van der Waals surface area contributed by atoms with E-state index in [1.807, 2.05) is 18.4 Å². The van der Waals surface area contributed by atoms with Crippen molar-refractivity contribution in [2.24, 2.45) is 0 Å². The van der Waals surface area contributed by atoms with Crippen molar-refractivity contribution in [2.45, 2.75) is 34.3 Å². The molecule has 2 aromatic carbocycles. The molecule has 0 bridgehead atoms. The molecule has 3 rings (SSSR count). The molecule has 0 N–H and O–H groups in total. The molecule has 7 heteroatoms. The Hall–Kier alpha value is -1.50. The van der Waals surface area contributed by atoms with Gasteiger partial charge < -0.3 is 4.90 Å². The number of carbonyl (C=O) groups excluding carboxylic acids is 1. The second-order valence-corrected chi connectivity index (χ2v) is 10.1. The van der Waals surface area contributed by atoms with Crippen LogP contribution in [-0.4, -0.2) is 43.8 Å². The van der Waals surface area contributed by atoms with Crippen molar-refractivity contribution in [3.63, 3.8) is 0 Å². The van der Waals surface area contributed by atoms with Crippen LogP contribution in [0.15, 0.2) is 58.3 Å². The second-order valence-electron chi connectivity index (χ2n) is 6.60. The molecule has 1 atom stereocenters. The number of thioether (sulfide) groups is 1. The van der Waals surface area contributed by atoms with Gasteiger partial charge in [0.05, 0.1) is 10.1 Å². The maximum Gasteiger partial charge on any atom is 0.222 e. The maximum absolute atomic E-state index is 12.8. The van der Waals surface area contributed by atoms with Gasteiger partial charge in [-0.15, -0.1) is 11.8 Å². The van der Waals surface area contributed by atoms with Crippen LogP contribution in [0.4, 0.5) is 0 Å². The van der Waals surface area contributed by atoms with Crippen molar-refractivity contribution in [1.82, 2.24) is 4.90 Å². The summed E-state index contributed by atoms with van der Waals surface area (Å²) in [7, 11) is -3.45. The third-order valence-corrected chi connectivity index (χ3v) is 8.05. The molecule has 2 aromatic rings. The monoisotopic (exact) mass is 423 g/mol. The largest absolute Gasteiger partial charge is 0.341 e. The molecule has 0 spiro atoms. The Morgan fingerprint density at radius 1 is 1.15 bits per heavy atom. The average molecular weight is 424 g/mol. The predicted molar refractivity (Wildman–Crippen MR) is 110 cm³/mol. The van der Waals surface area contributed by atoms with Gasteiger partial charge in [-0.1, -0.05) is 23.7 Å². The van der Waals surface area contributed by atoms with Gasteiger partial charge in [0.15, 0.2) is 9.84 Å². The molecule has 0 aromatic heterocycles. The first kappa shape index (κ1) is 20.2. The molecule has 1 aliphatic rings. The fourth-order valence-corrected chi connectivity index (χ4v) is 5.45. The Labute approximate surface area is 169 Å². The van der Waals surface area contributed by atoms with E-state index in [1.165, 1.54) is 17.0 Å². The number of hydrogen-bond acceptors (Lipinski definition) is 4. The molecular formula is C20H22ClNO3S2. The van der Waals surface area contributed by atoms with Gasteiger partial charge in [0.25, 0.3) is 0 Å². The van der Waals surface area contributed by atoms with E-state index in [1.54, 1.807) is 28.8 Å². The Morgan fingerprint density at radius 2 is 1.81 bits per heavy atom. The molecule has 27 heavy (non-hydrogen) atoms. The van der Waals surface area contributed by atoms with Crippen LogP contribution in [0.5, 0.6) is 0 Å². The minimum atomic E-state index is -3.45. The second kappa shape index (κ2) is 8.67. The quantitative estimate of drug-likeness (QED) is 0.657. The van der Waals surface area contributed by atoms with E-state index in [0.717, 1.165) is 5.56 Å². The fourth-order valence-electron chi connectivity index (χ4n) is 3.23. The molecule has 0 radical (unpaired) electrons. The van der Waals surface area contributed by atoms with Crippen LogP contribution < -0.4 is 0 Å². The summed E-state index contributed by atoms with van der Waals surface area (Å²) < 4.78 is 25.5. The SMILES string of the molecule is CSc1ccc(CCC(=O)N2CCC(S(=O)(=O)c3ccc(Cl)cc3)C2)cc1. The van der Waals surface area contributed by atoms with E-state index >= 15 is 0 Å². The van der Waals surface area contributed by atoms with Gasteiger partial charge in [0.2, 0.25) is 5.91 Å². The normalized spacial score (nSPS) is 17.3.